The molecule has 3 heteroatoms. The Morgan fingerprint density at radius 2 is 1.93 bits per heavy atom. The Hall–Kier alpha value is -1.64. The van der Waals surface area contributed by atoms with Gasteiger partial charge >= 0.3 is 0 Å². The number of allylic oxidation sites excluding steroid dienone is 1. The molecular weight excluding hydrogens is 188 g/mol. The van der Waals surface area contributed by atoms with Crippen LogP contribution in [0, 0.1) is 4.91 Å². The Bertz CT molecular complexity index is 435. The lowest BCUT2D eigenvalue weighted by molar-refractivity contribution is 0.567. The molecule has 0 aliphatic carbocycles. The second-order valence-corrected chi connectivity index (χ2v) is 4.39. The van der Waals surface area contributed by atoms with Crippen molar-refractivity contribution < 1.29 is 0 Å². The first-order valence-corrected chi connectivity index (χ1v) is 4.98. The third-order valence-corrected chi connectivity index (χ3v) is 2.75. The van der Waals surface area contributed by atoms with Crippen molar-refractivity contribution in [2.45, 2.75) is 26.3 Å². The van der Waals surface area contributed by atoms with E-state index in [0.717, 1.165) is 11.3 Å². The summed E-state index contributed by atoms with van der Waals surface area (Å²) in [6.07, 6.45) is 2.07. The van der Waals surface area contributed by atoms with Gasteiger partial charge in [0, 0.05) is 5.56 Å². The van der Waals surface area contributed by atoms with E-state index in [-0.39, 0.29) is 5.54 Å². The fraction of sp³-hybridized carbons (Fsp3) is 0.333. The molecule has 3 nitrogen and oxygen atoms in total. The van der Waals surface area contributed by atoms with Crippen molar-refractivity contribution in [1.29, 1.82) is 0 Å². The van der Waals surface area contributed by atoms with E-state index in [2.05, 4.69) is 18.3 Å². The lowest BCUT2D eigenvalue weighted by atomic mass is 9.90. The fourth-order valence-corrected chi connectivity index (χ4v) is 2.12. The molecule has 0 saturated heterocycles. The topological polar surface area (TPSA) is 32.7 Å². The van der Waals surface area contributed by atoms with Crippen LogP contribution in [0.2, 0.25) is 0 Å². The first-order chi connectivity index (χ1) is 7.06. The molecule has 0 amide bonds. The van der Waals surface area contributed by atoms with Gasteiger partial charge in [-0.1, -0.05) is 24.3 Å². The van der Waals surface area contributed by atoms with E-state index >= 15 is 0 Å². The zero-order valence-corrected chi connectivity index (χ0v) is 9.19. The van der Waals surface area contributed by atoms with E-state index in [1.807, 2.05) is 38.1 Å². The Morgan fingerprint density at radius 1 is 1.27 bits per heavy atom. The summed E-state index contributed by atoms with van der Waals surface area (Å²) in [5, 5.41) is 4.64. The number of rotatable bonds is 1. The zero-order valence-electron chi connectivity index (χ0n) is 9.19. The van der Waals surface area contributed by atoms with Gasteiger partial charge in [0.15, 0.2) is 0 Å². The van der Waals surface area contributed by atoms with Crippen molar-refractivity contribution >= 4 is 11.3 Å². The molecule has 78 valence electrons. The molecule has 0 radical (unpaired) electrons. The Labute approximate surface area is 89.4 Å². The number of nitroso groups, excluding NO2 is 1. The molecule has 2 rings (SSSR count). The second-order valence-electron chi connectivity index (χ2n) is 4.39. The minimum Gasteiger partial charge on any atom is -0.219 e. The second kappa shape index (κ2) is 3.19. The maximum Gasteiger partial charge on any atom is 0.0795 e. The van der Waals surface area contributed by atoms with Crippen LogP contribution in [0.5, 0.6) is 0 Å². The first kappa shape index (κ1) is 9.90. The van der Waals surface area contributed by atoms with Crippen molar-refractivity contribution in [3.8, 4) is 0 Å². The fourth-order valence-electron chi connectivity index (χ4n) is 2.12. The number of anilines is 1. The maximum atomic E-state index is 10.9. The average molecular weight is 202 g/mol. The molecule has 15 heavy (non-hydrogen) atoms. The Morgan fingerprint density at radius 3 is 2.60 bits per heavy atom. The average Bonchev–Trinajstić information content (AvgIpc) is 2.17. The van der Waals surface area contributed by atoms with Gasteiger partial charge in [-0.2, -0.15) is 0 Å². The van der Waals surface area contributed by atoms with Gasteiger partial charge in [0.05, 0.1) is 16.5 Å². The molecular formula is C12H14N2O. The van der Waals surface area contributed by atoms with Gasteiger partial charge in [0.1, 0.15) is 0 Å². The SMILES string of the molecule is CC1=CC(C)(C)N(N=O)c2ccccc21. The van der Waals surface area contributed by atoms with E-state index < -0.39 is 0 Å². The highest BCUT2D eigenvalue weighted by Crippen LogP contribution is 2.38. The van der Waals surface area contributed by atoms with E-state index in [9.17, 15) is 4.91 Å². The van der Waals surface area contributed by atoms with Gasteiger partial charge in [-0.25, -0.2) is 5.01 Å². The van der Waals surface area contributed by atoms with E-state index in [0.29, 0.717) is 0 Å². The molecule has 0 unspecified atom stereocenters. The lowest BCUT2D eigenvalue weighted by Gasteiger charge is -2.36. The van der Waals surface area contributed by atoms with E-state index in [4.69, 9.17) is 0 Å². The number of para-hydroxylation sites is 1. The predicted octanol–water partition coefficient (Wildman–Crippen LogP) is 3.37. The molecule has 1 aliphatic heterocycles. The molecule has 1 aliphatic rings. The summed E-state index contributed by atoms with van der Waals surface area (Å²) in [6.45, 7) is 6.02. The molecule has 0 bridgehead atoms. The summed E-state index contributed by atoms with van der Waals surface area (Å²) < 4.78 is 0. The van der Waals surface area contributed by atoms with Crippen molar-refractivity contribution in [1.82, 2.24) is 0 Å². The van der Waals surface area contributed by atoms with Gasteiger partial charge in [0.2, 0.25) is 0 Å². The van der Waals surface area contributed by atoms with Crippen molar-refractivity contribution in [3.63, 3.8) is 0 Å². The van der Waals surface area contributed by atoms with Crippen LogP contribution in [0.15, 0.2) is 35.6 Å². The number of nitrogens with zero attached hydrogens (tertiary/aromatic N) is 2. The molecule has 1 heterocycles. The molecule has 0 atom stereocenters. The van der Waals surface area contributed by atoms with Gasteiger partial charge in [-0.05, 0) is 32.4 Å². The minimum absolute atomic E-state index is 0.347. The van der Waals surface area contributed by atoms with Gasteiger partial charge in [-0.15, -0.1) is 4.91 Å². The third kappa shape index (κ3) is 1.44. The minimum atomic E-state index is -0.347. The van der Waals surface area contributed by atoms with E-state index in [1.165, 1.54) is 10.6 Å². The largest absolute Gasteiger partial charge is 0.219 e. The van der Waals surface area contributed by atoms with Crippen LogP contribution in [-0.2, 0) is 0 Å². The highest BCUT2D eigenvalue weighted by molar-refractivity contribution is 5.80. The predicted molar refractivity (Wildman–Crippen MR) is 62.4 cm³/mol. The standard InChI is InChI=1S/C12H14N2O/c1-9-8-12(2,3)14(13-15)11-7-5-4-6-10(9)11/h4-8H,1-3H3. The molecule has 1 aromatic carbocycles. The van der Waals surface area contributed by atoms with Crippen LogP contribution >= 0.6 is 0 Å². The number of fused-ring (bicyclic) bond motifs is 1. The lowest BCUT2D eigenvalue weighted by Crippen LogP contribution is -2.40. The highest BCUT2D eigenvalue weighted by Gasteiger charge is 2.32. The van der Waals surface area contributed by atoms with Crippen LogP contribution in [0.1, 0.15) is 26.3 Å². The Kier molecular flexibility index (Phi) is 2.11. The number of benzene rings is 1. The van der Waals surface area contributed by atoms with Gasteiger partial charge in [-0.3, -0.25) is 0 Å². The molecule has 0 spiro atoms. The summed E-state index contributed by atoms with van der Waals surface area (Å²) in [4.78, 5) is 10.9. The van der Waals surface area contributed by atoms with Crippen LogP contribution in [0.3, 0.4) is 0 Å². The zero-order chi connectivity index (χ0) is 11.1. The van der Waals surface area contributed by atoms with Crippen molar-refractivity contribution in [2.24, 2.45) is 5.29 Å². The first-order valence-electron chi connectivity index (χ1n) is 4.98. The smallest absolute Gasteiger partial charge is 0.0795 e. The molecule has 0 saturated carbocycles. The monoisotopic (exact) mass is 202 g/mol. The van der Waals surface area contributed by atoms with Crippen LogP contribution < -0.4 is 5.01 Å². The number of hydrogen-bond acceptors (Lipinski definition) is 2. The number of hydrogen-bond donors (Lipinski definition) is 0. The molecule has 0 fully saturated rings. The Balaban J connectivity index is 2.66. The van der Waals surface area contributed by atoms with Gasteiger partial charge < -0.3 is 0 Å². The summed E-state index contributed by atoms with van der Waals surface area (Å²) in [5.41, 5.74) is 2.81. The summed E-state index contributed by atoms with van der Waals surface area (Å²) in [7, 11) is 0. The highest BCUT2D eigenvalue weighted by atomic mass is 16.3. The summed E-state index contributed by atoms with van der Waals surface area (Å²) in [6, 6.07) is 7.83. The molecule has 0 aromatic heterocycles. The van der Waals surface area contributed by atoms with Crippen molar-refractivity contribution in [2.75, 3.05) is 5.01 Å². The van der Waals surface area contributed by atoms with Gasteiger partial charge in [0.25, 0.3) is 0 Å². The molecule has 1 aromatic rings. The normalized spacial score (nSPS) is 18.1. The van der Waals surface area contributed by atoms with E-state index in [1.54, 1.807) is 0 Å². The van der Waals surface area contributed by atoms with Crippen LogP contribution in [0.25, 0.3) is 5.57 Å². The maximum absolute atomic E-state index is 10.9. The molecule has 0 N–H and O–H groups in total. The summed E-state index contributed by atoms with van der Waals surface area (Å²) in [5.74, 6) is 0. The quantitative estimate of drug-likeness (QED) is 0.654. The third-order valence-electron chi connectivity index (χ3n) is 2.75. The van der Waals surface area contributed by atoms with Crippen LogP contribution in [-0.4, -0.2) is 5.54 Å². The summed E-state index contributed by atoms with van der Waals surface area (Å²) >= 11 is 0. The van der Waals surface area contributed by atoms with Crippen LogP contribution in [0.4, 0.5) is 5.69 Å². The van der Waals surface area contributed by atoms with Crippen molar-refractivity contribution in [3.05, 3.63) is 40.8 Å².